The number of carbonyl (C=O) groups excluding carboxylic acids is 1. The zero-order chi connectivity index (χ0) is 17.1. The lowest BCUT2D eigenvalue weighted by atomic mass is 10.2. The van der Waals surface area contributed by atoms with Crippen LogP contribution in [0.5, 0.6) is 5.75 Å². The fraction of sp³-hybridized carbons (Fsp3) is 0.176. The number of rotatable bonds is 4. The van der Waals surface area contributed by atoms with E-state index in [0.717, 1.165) is 11.3 Å². The van der Waals surface area contributed by atoms with E-state index in [1.54, 1.807) is 41.6 Å². The SMILES string of the molecule is CCSC1=NC(=Cc2ccsc2)C(=O)N1c1ccc(OC)c(Cl)c1. The number of hydrogen-bond donors (Lipinski definition) is 0. The molecule has 0 atom stereocenters. The van der Waals surface area contributed by atoms with Gasteiger partial charge in [0.05, 0.1) is 17.8 Å². The molecule has 0 N–H and O–H groups in total. The van der Waals surface area contributed by atoms with Crippen molar-refractivity contribution < 1.29 is 9.53 Å². The van der Waals surface area contributed by atoms with Gasteiger partial charge in [0, 0.05) is 0 Å². The molecule has 1 aromatic carbocycles. The molecule has 0 spiro atoms. The second kappa shape index (κ2) is 7.42. The van der Waals surface area contributed by atoms with Crippen LogP contribution in [0.25, 0.3) is 6.08 Å². The van der Waals surface area contributed by atoms with Crippen LogP contribution in [0.3, 0.4) is 0 Å². The van der Waals surface area contributed by atoms with E-state index < -0.39 is 0 Å². The molecule has 2 aromatic rings. The van der Waals surface area contributed by atoms with E-state index in [1.165, 1.54) is 11.8 Å². The van der Waals surface area contributed by atoms with E-state index >= 15 is 0 Å². The van der Waals surface area contributed by atoms with Crippen molar-refractivity contribution in [3.8, 4) is 5.75 Å². The van der Waals surface area contributed by atoms with Crippen molar-refractivity contribution in [2.45, 2.75) is 6.92 Å². The third-order valence-corrected chi connectivity index (χ3v) is 5.16. The molecule has 0 saturated carbocycles. The van der Waals surface area contributed by atoms with Crippen LogP contribution in [0.1, 0.15) is 12.5 Å². The fourth-order valence-corrected chi connectivity index (χ4v) is 3.87. The molecule has 0 aliphatic carbocycles. The van der Waals surface area contributed by atoms with Crippen LogP contribution >= 0.6 is 34.7 Å². The molecule has 3 rings (SSSR count). The monoisotopic (exact) mass is 378 g/mol. The molecule has 1 aliphatic heterocycles. The van der Waals surface area contributed by atoms with Gasteiger partial charge >= 0.3 is 0 Å². The highest BCUT2D eigenvalue weighted by atomic mass is 35.5. The van der Waals surface area contributed by atoms with Gasteiger partial charge in [-0.3, -0.25) is 9.69 Å². The van der Waals surface area contributed by atoms with Crippen LogP contribution in [-0.2, 0) is 4.79 Å². The molecule has 124 valence electrons. The minimum absolute atomic E-state index is 0.154. The van der Waals surface area contributed by atoms with E-state index in [9.17, 15) is 4.79 Å². The second-order valence-corrected chi connectivity index (χ2v) is 7.29. The lowest BCUT2D eigenvalue weighted by Crippen LogP contribution is -2.30. The number of halogens is 1. The number of methoxy groups -OCH3 is 1. The molecular formula is C17H15ClN2O2S2. The van der Waals surface area contributed by atoms with Gasteiger partial charge in [0.15, 0.2) is 5.17 Å². The predicted molar refractivity (Wildman–Crippen MR) is 103 cm³/mol. The van der Waals surface area contributed by atoms with Gasteiger partial charge in [-0.15, -0.1) is 0 Å². The molecule has 0 unspecified atom stereocenters. The minimum atomic E-state index is -0.154. The van der Waals surface area contributed by atoms with Crippen molar-refractivity contribution in [2.75, 3.05) is 17.8 Å². The number of thiophene rings is 1. The number of carbonyl (C=O) groups is 1. The summed E-state index contributed by atoms with van der Waals surface area (Å²) in [5.74, 6) is 1.24. The van der Waals surface area contributed by atoms with Gasteiger partial charge in [0.25, 0.3) is 5.91 Å². The number of aliphatic imine (C=N–C) groups is 1. The third kappa shape index (κ3) is 3.36. The van der Waals surface area contributed by atoms with Crippen molar-refractivity contribution >= 4 is 57.5 Å². The first-order chi connectivity index (χ1) is 11.6. The van der Waals surface area contributed by atoms with Gasteiger partial charge in [-0.25, -0.2) is 4.99 Å². The average molecular weight is 379 g/mol. The summed E-state index contributed by atoms with van der Waals surface area (Å²) in [5.41, 5.74) is 2.08. The number of benzene rings is 1. The fourth-order valence-electron chi connectivity index (χ4n) is 2.26. The first-order valence-electron chi connectivity index (χ1n) is 7.27. The van der Waals surface area contributed by atoms with Gasteiger partial charge in [0.2, 0.25) is 0 Å². The van der Waals surface area contributed by atoms with Gasteiger partial charge < -0.3 is 4.74 Å². The Labute approximate surface area is 153 Å². The quantitative estimate of drug-likeness (QED) is 0.710. The Balaban J connectivity index is 1.99. The Hall–Kier alpha value is -1.76. The molecule has 1 aliphatic rings. The van der Waals surface area contributed by atoms with Crippen LogP contribution in [0, 0.1) is 0 Å². The summed E-state index contributed by atoms with van der Waals surface area (Å²) in [6, 6.07) is 7.24. The molecule has 1 aromatic heterocycles. The normalized spacial score (nSPS) is 16.0. The maximum Gasteiger partial charge on any atom is 0.283 e. The summed E-state index contributed by atoms with van der Waals surface area (Å²) in [6.45, 7) is 2.03. The van der Waals surface area contributed by atoms with E-state index in [0.29, 0.717) is 27.3 Å². The smallest absolute Gasteiger partial charge is 0.283 e. The molecule has 0 bridgehead atoms. The first kappa shape index (κ1) is 17.1. The van der Waals surface area contributed by atoms with Crippen LogP contribution < -0.4 is 9.64 Å². The van der Waals surface area contributed by atoms with E-state index in [2.05, 4.69) is 4.99 Å². The van der Waals surface area contributed by atoms with Gasteiger partial charge in [-0.1, -0.05) is 30.3 Å². The zero-order valence-corrected chi connectivity index (χ0v) is 15.5. The molecule has 24 heavy (non-hydrogen) atoms. The van der Waals surface area contributed by atoms with E-state index in [-0.39, 0.29) is 5.91 Å². The number of hydrogen-bond acceptors (Lipinski definition) is 5. The van der Waals surface area contributed by atoms with Gasteiger partial charge in [0.1, 0.15) is 11.4 Å². The molecule has 4 nitrogen and oxygen atoms in total. The molecule has 0 saturated heterocycles. The second-order valence-electron chi connectivity index (χ2n) is 4.87. The Morgan fingerprint density at radius 2 is 2.25 bits per heavy atom. The summed E-state index contributed by atoms with van der Waals surface area (Å²) < 4.78 is 5.17. The Morgan fingerprint density at radius 3 is 2.88 bits per heavy atom. The Kier molecular flexibility index (Phi) is 5.28. The Bertz CT molecular complexity index is 816. The number of amidine groups is 1. The van der Waals surface area contributed by atoms with Crippen molar-refractivity contribution in [3.05, 3.63) is 51.3 Å². The highest BCUT2D eigenvalue weighted by Gasteiger charge is 2.32. The lowest BCUT2D eigenvalue weighted by molar-refractivity contribution is -0.113. The highest BCUT2D eigenvalue weighted by Crippen LogP contribution is 2.34. The lowest BCUT2D eigenvalue weighted by Gasteiger charge is -2.18. The number of thioether (sulfide) groups is 1. The standard InChI is InChI=1S/C17H15ClN2O2S2/c1-3-24-17-19-14(8-11-6-7-23-10-11)16(21)20(17)12-4-5-15(22-2)13(18)9-12/h4-10H,3H2,1-2H3. The maximum atomic E-state index is 12.8. The summed E-state index contributed by atoms with van der Waals surface area (Å²) in [6.07, 6.45) is 1.81. The predicted octanol–water partition coefficient (Wildman–Crippen LogP) is 4.91. The van der Waals surface area contributed by atoms with E-state index in [1.807, 2.05) is 29.8 Å². The topological polar surface area (TPSA) is 41.9 Å². The van der Waals surface area contributed by atoms with Crippen molar-refractivity contribution in [1.82, 2.24) is 0 Å². The molecular weight excluding hydrogens is 364 g/mol. The summed E-state index contributed by atoms with van der Waals surface area (Å²) >= 11 is 9.31. The summed E-state index contributed by atoms with van der Waals surface area (Å²) in [7, 11) is 1.56. The van der Waals surface area contributed by atoms with Crippen molar-refractivity contribution in [3.63, 3.8) is 0 Å². The molecule has 7 heteroatoms. The molecule has 2 heterocycles. The third-order valence-electron chi connectivity index (χ3n) is 3.34. The largest absolute Gasteiger partial charge is 0.495 e. The average Bonchev–Trinajstić information content (AvgIpc) is 3.17. The molecule has 0 fully saturated rings. The van der Waals surface area contributed by atoms with Crippen molar-refractivity contribution in [2.24, 2.45) is 4.99 Å². The molecule has 1 amide bonds. The van der Waals surface area contributed by atoms with Crippen molar-refractivity contribution in [1.29, 1.82) is 0 Å². The van der Waals surface area contributed by atoms with Crippen LogP contribution in [-0.4, -0.2) is 23.9 Å². The minimum Gasteiger partial charge on any atom is -0.495 e. The van der Waals surface area contributed by atoms with Crippen LogP contribution in [0.4, 0.5) is 5.69 Å². The highest BCUT2D eigenvalue weighted by molar-refractivity contribution is 8.14. The summed E-state index contributed by atoms with van der Waals surface area (Å²) in [5, 5.41) is 5.07. The summed E-state index contributed by atoms with van der Waals surface area (Å²) in [4.78, 5) is 18.9. The number of anilines is 1. The number of nitrogens with zero attached hydrogens (tertiary/aromatic N) is 2. The molecule has 0 radical (unpaired) electrons. The van der Waals surface area contributed by atoms with E-state index in [4.69, 9.17) is 16.3 Å². The Morgan fingerprint density at radius 1 is 1.42 bits per heavy atom. The van der Waals surface area contributed by atoms with Crippen LogP contribution in [0.15, 0.2) is 45.7 Å². The van der Waals surface area contributed by atoms with Gasteiger partial charge in [-0.2, -0.15) is 11.3 Å². The zero-order valence-electron chi connectivity index (χ0n) is 13.2. The number of ether oxygens (including phenoxy) is 1. The number of amides is 1. The van der Waals surface area contributed by atoms with Crippen LogP contribution in [0.2, 0.25) is 5.02 Å². The van der Waals surface area contributed by atoms with Gasteiger partial charge in [-0.05, 0) is 52.4 Å². The maximum absolute atomic E-state index is 12.8. The first-order valence-corrected chi connectivity index (χ1v) is 9.58.